The zero-order valence-electron chi connectivity index (χ0n) is 10.7. The zero-order chi connectivity index (χ0) is 13.3. The molecule has 0 aromatic heterocycles. The molecule has 1 unspecified atom stereocenters. The van der Waals surface area contributed by atoms with Crippen molar-refractivity contribution in [2.24, 2.45) is 0 Å². The molecule has 1 aromatic carbocycles. The molecule has 0 spiro atoms. The largest absolute Gasteiger partial charge is 0.299 e. The minimum absolute atomic E-state index is 0.195. The molecule has 0 saturated carbocycles. The van der Waals surface area contributed by atoms with Gasteiger partial charge in [-0.3, -0.25) is 4.79 Å². The first-order valence-electron chi connectivity index (χ1n) is 5.49. The summed E-state index contributed by atoms with van der Waals surface area (Å²) in [5, 5.41) is 1.26. The van der Waals surface area contributed by atoms with E-state index in [2.05, 4.69) is 19.6 Å². The maximum absolute atomic E-state index is 12.0. The van der Waals surface area contributed by atoms with Crippen molar-refractivity contribution in [3.8, 4) is 0 Å². The Morgan fingerprint density at radius 2 is 1.71 bits per heavy atom. The average molecular weight is 269 g/mol. The van der Waals surface area contributed by atoms with E-state index >= 15 is 0 Å². The summed E-state index contributed by atoms with van der Waals surface area (Å²) in [6.07, 6.45) is 0. The minimum Gasteiger partial charge on any atom is -0.299 e. The van der Waals surface area contributed by atoms with Gasteiger partial charge >= 0.3 is 0 Å². The Kier molecular flexibility index (Phi) is 3.94. The molecule has 0 aliphatic heterocycles. The summed E-state index contributed by atoms with van der Waals surface area (Å²) in [7, 11) is -4.32. The molecule has 17 heavy (non-hydrogen) atoms. The smallest absolute Gasteiger partial charge is 0.143 e. The second-order valence-corrected chi connectivity index (χ2v) is 12.5. The molecule has 0 aliphatic rings. The fraction of sp³-hybridized carbons (Fsp3) is 0.417. The van der Waals surface area contributed by atoms with Gasteiger partial charge in [-0.1, -0.05) is 37.0 Å². The van der Waals surface area contributed by atoms with E-state index in [1.165, 1.54) is 12.1 Å². The molecule has 1 N–H and O–H groups in total. The molecule has 0 saturated heterocycles. The number of hydrogen-bond donors (Lipinski definition) is 1. The van der Waals surface area contributed by atoms with Gasteiger partial charge in [0.15, 0.2) is 0 Å². The average Bonchev–Trinajstić information content (AvgIpc) is 2.14. The normalized spacial score (nSPS) is 15.3. The van der Waals surface area contributed by atoms with Gasteiger partial charge in [0.05, 0.1) is 23.6 Å². The predicted molar refractivity (Wildman–Crippen MR) is 74.1 cm³/mol. The first kappa shape index (κ1) is 14.1. The molecule has 1 rings (SSSR count). The molecule has 0 amide bonds. The first-order chi connectivity index (χ1) is 7.63. The Morgan fingerprint density at radius 1 is 1.24 bits per heavy atom. The molecule has 5 heteroatoms. The molecule has 0 radical (unpaired) electrons. The molecule has 1 atom stereocenters. The van der Waals surface area contributed by atoms with E-state index in [1.54, 1.807) is 12.1 Å². The lowest BCUT2D eigenvalue weighted by Crippen LogP contribution is -2.37. The van der Waals surface area contributed by atoms with Crippen LogP contribution >= 0.6 is 0 Å². The summed E-state index contributed by atoms with van der Waals surface area (Å²) < 4.78 is 19.8. The lowest BCUT2D eigenvalue weighted by atomic mass is 10.4. The quantitative estimate of drug-likeness (QED) is 0.852. The Hall–Kier alpha value is -0.943. The minimum atomic E-state index is -2.96. The predicted octanol–water partition coefficient (Wildman–Crippen LogP) is 2.23. The molecule has 1 aromatic rings. The van der Waals surface area contributed by atoms with Crippen molar-refractivity contribution in [1.82, 2.24) is 0 Å². The van der Waals surface area contributed by atoms with Crippen LogP contribution in [0, 0.1) is 4.78 Å². The summed E-state index contributed by atoms with van der Waals surface area (Å²) in [6, 6.07) is 7.34. The van der Waals surface area contributed by atoms with Crippen molar-refractivity contribution in [2.75, 3.05) is 5.75 Å². The van der Waals surface area contributed by atoms with Gasteiger partial charge in [-0.05, 0) is 19.1 Å². The number of Topliss-reactive ketones (excluding diaryl/α,β-unsaturated/α-hetero) is 1. The number of nitrogens with one attached hydrogen (secondary N) is 1. The van der Waals surface area contributed by atoms with E-state index in [0.29, 0.717) is 4.90 Å². The Morgan fingerprint density at radius 3 is 2.06 bits per heavy atom. The van der Waals surface area contributed by atoms with Gasteiger partial charge < -0.3 is 0 Å². The summed E-state index contributed by atoms with van der Waals surface area (Å²) in [4.78, 5) is 11.4. The molecule has 0 fully saturated rings. The fourth-order valence-electron chi connectivity index (χ4n) is 1.54. The lowest BCUT2D eigenvalue weighted by Gasteiger charge is -2.17. The van der Waals surface area contributed by atoms with Crippen LogP contribution in [0.2, 0.25) is 19.6 Å². The number of carbonyl (C=O) groups is 1. The van der Waals surface area contributed by atoms with Crippen molar-refractivity contribution in [1.29, 1.82) is 4.78 Å². The lowest BCUT2D eigenvalue weighted by molar-refractivity contribution is -0.114. The van der Waals surface area contributed by atoms with E-state index in [0.717, 1.165) is 0 Å². The van der Waals surface area contributed by atoms with Gasteiger partial charge in [-0.2, -0.15) is 0 Å². The topological polar surface area (TPSA) is 58.0 Å². The summed E-state index contributed by atoms with van der Waals surface area (Å²) in [5.41, 5.74) is 0. The summed E-state index contributed by atoms with van der Waals surface area (Å²) in [6.45, 7) is 8.06. The van der Waals surface area contributed by atoms with Crippen LogP contribution < -0.4 is 5.19 Å². The molecule has 0 bridgehead atoms. The van der Waals surface area contributed by atoms with E-state index in [-0.39, 0.29) is 11.5 Å². The molecule has 0 heterocycles. The van der Waals surface area contributed by atoms with Crippen LogP contribution in [0.5, 0.6) is 0 Å². The second-order valence-electron chi connectivity index (χ2n) is 5.30. The van der Waals surface area contributed by atoms with Crippen molar-refractivity contribution in [3.63, 3.8) is 0 Å². The standard InChI is InChI=1S/C12H19NO2SSi/c1-10(14)9-16(13,15)11-5-7-12(8-6-11)17(2,3)4/h5-8,13H,9H2,1-4H3. The van der Waals surface area contributed by atoms with Crippen molar-refractivity contribution in [3.05, 3.63) is 24.3 Å². The monoisotopic (exact) mass is 269 g/mol. The van der Waals surface area contributed by atoms with Crippen LogP contribution in [0.3, 0.4) is 0 Å². The number of hydrogen-bond acceptors (Lipinski definition) is 3. The molecular formula is C12H19NO2SSi. The Balaban J connectivity index is 3.08. The van der Waals surface area contributed by atoms with Crippen LogP contribution in [0.25, 0.3) is 0 Å². The van der Waals surface area contributed by atoms with Crippen LogP contribution in [-0.2, 0) is 14.5 Å². The summed E-state index contributed by atoms with van der Waals surface area (Å²) >= 11 is 0. The number of benzene rings is 1. The maximum atomic E-state index is 12.0. The van der Waals surface area contributed by atoms with Gasteiger partial charge in [-0.25, -0.2) is 8.99 Å². The summed E-state index contributed by atoms with van der Waals surface area (Å²) in [5.74, 6) is -0.404. The number of rotatable bonds is 4. The Bertz CT molecular complexity index is 512. The van der Waals surface area contributed by atoms with Gasteiger partial charge in [-0.15, -0.1) is 0 Å². The highest BCUT2D eigenvalue weighted by molar-refractivity contribution is 7.93. The van der Waals surface area contributed by atoms with Gasteiger partial charge in [0, 0.05) is 4.90 Å². The SMILES string of the molecule is CC(=O)CS(=N)(=O)c1ccc([Si](C)(C)C)cc1. The zero-order valence-corrected chi connectivity index (χ0v) is 12.6. The van der Waals surface area contributed by atoms with Crippen LogP contribution in [0.4, 0.5) is 0 Å². The second kappa shape index (κ2) is 4.74. The first-order valence-corrected chi connectivity index (χ1v) is 10.7. The van der Waals surface area contributed by atoms with Crippen molar-refractivity contribution >= 4 is 28.8 Å². The Labute approximate surface area is 104 Å². The number of ketones is 1. The highest BCUT2D eigenvalue weighted by Gasteiger charge is 2.18. The molecule has 0 aliphatic carbocycles. The van der Waals surface area contributed by atoms with Crippen LogP contribution in [0.1, 0.15) is 6.92 Å². The van der Waals surface area contributed by atoms with Gasteiger partial charge in [0.2, 0.25) is 0 Å². The third-order valence-electron chi connectivity index (χ3n) is 2.51. The van der Waals surface area contributed by atoms with E-state index < -0.39 is 17.8 Å². The highest BCUT2D eigenvalue weighted by atomic mass is 32.2. The highest BCUT2D eigenvalue weighted by Crippen LogP contribution is 2.12. The van der Waals surface area contributed by atoms with Crippen LogP contribution in [0.15, 0.2) is 29.2 Å². The fourth-order valence-corrected chi connectivity index (χ4v) is 4.03. The maximum Gasteiger partial charge on any atom is 0.143 e. The third kappa shape index (κ3) is 3.78. The van der Waals surface area contributed by atoms with E-state index in [1.807, 2.05) is 12.1 Å². The molecular weight excluding hydrogens is 250 g/mol. The van der Waals surface area contributed by atoms with Crippen molar-refractivity contribution < 1.29 is 9.00 Å². The number of carbonyl (C=O) groups excluding carboxylic acids is 1. The van der Waals surface area contributed by atoms with Gasteiger partial charge in [0.1, 0.15) is 5.78 Å². The van der Waals surface area contributed by atoms with E-state index in [9.17, 15) is 9.00 Å². The molecule has 3 nitrogen and oxygen atoms in total. The van der Waals surface area contributed by atoms with E-state index in [4.69, 9.17) is 4.78 Å². The van der Waals surface area contributed by atoms with Crippen molar-refractivity contribution in [2.45, 2.75) is 31.5 Å². The van der Waals surface area contributed by atoms with Gasteiger partial charge in [0.25, 0.3) is 0 Å². The third-order valence-corrected chi connectivity index (χ3v) is 6.42. The van der Waals surface area contributed by atoms with Crippen LogP contribution in [-0.4, -0.2) is 23.8 Å². The molecule has 94 valence electrons.